The lowest BCUT2D eigenvalue weighted by Crippen LogP contribution is -2.38. The summed E-state index contributed by atoms with van der Waals surface area (Å²) < 4.78 is 0. The van der Waals surface area contributed by atoms with Gasteiger partial charge in [0.25, 0.3) is 0 Å². The molecule has 1 aliphatic carbocycles. The molecular weight excluding hydrogens is 268 g/mol. The van der Waals surface area contributed by atoms with E-state index in [0.717, 1.165) is 36.5 Å². The second-order valence-electron chi connectivity index (χ2n) is 5.50. The molecule has 2 N–H and O–H groups in total. The highest BCUT2D eigenvalue weighted by Crippen LogP contribution is 2.32. The summed E-state index contributed by atoms with van der Waals surface area (Å²) in [6.45, 7) is -0.0631. The number of hydrogen-bond acceptors (Lipinski definition) is 4. The molecule has 0 radical (unpaired) electrons. The predicted octanol–water partition coefficient (Wildman–Crippen LogP) is 2.77. The first-order valence-electron chi connectivity index (χ1n) is 7.21. The summed E-state index contributed by atoms with van der Waals surface area (Å²) in [6, 6.07) is 7.18. The van der Waals surface area contributed by atoms with Gasteiger partial charge in [0.05, 0.1) is 0 Å². The molecule has 0 saturated heterocycles. The number of phenols is 1. The minimum absolute atomic E-state index is 0.0631. The Labute approximate surface area is 122 Å². The number of carbonyl (C=O) groups is 1. The largest absolute Gasteiger partial charge is 0.508 e. The molecule has 1 fully saturated rings. The van der Waals surface area contributed by atoms with Crippen molar-refractivity contribution in [2.45, 2.75) is 31.7 Å². The van der Waals surface area contributed by atoms with Crippen LogP contribution >= 0.6 is 0 Å². The minimum Gasteiger partial charge on any atom is -0.508 e. The van der Waals surface area contributed by atoms with E-state index in [1.165, 1.54) is 0 Å². The Morgan fingerprint density at radius 2 is 2.05 bits per heavy atom. The first kappa shape index (κ1) is 13.7. The predicted molar refractivity (Wildman–Crippen MR) is 80.6 cm³/mol. The first-order valence-corrected chi connectivity index (χ1v) is 7.21. The zero-order chi connectivity index (χ0) is 14.8. The third kappa shape index (κ3) is 2.77. The quantitative estimate of drug-likeness (QED) is 0.904. The van der Waals surface area contributed by atoms with Crippen LogP contribution in [0.5, 0.6) is 5.75 Å². The molecular formula is C16H18N2O3. The molecule has 5 heteroatoms. The van der Waals surface area contributed by atoms with Gasteiger partial charge >= 0.3 is 5.97 Å². The number of aromatic hydroxyl groups is 1. The van der Waals surface area contributed by atoms with Crippen LogP contribution in [0.3, 0.4) is 0 Å². The fraction of sp³-hybridized carbons (Fsp3) is 0.375. The number of carboxylic acid groups (broad SMARTS) is 1. The Balaban J connectivity index is 2.09. The van der Waals surface area contributed by atoms with Crippen molar-refractivity contribution in [3.63, 3.8) is 0 Å². The van der Waals surface area contributed by atoms with Gasteiger partial charge in [-0.2, -0.15) is 0 Å². The number of aliphatic carboxylic acids is 1. The molecule has 1 saturated carbocycles. The number of fused-ring (bicyclic) bond motifs is 1. The van der Waals surface area contributed by atoms with Crippen molar-refractivity contribution in [2.24, 2.45) is 0 Å². The molecule has 0 atom stereocenters. The summed E-state index contributed by atoms with van der Waals surface area (Å²) in [5, 5.41) is 20.7. The van der Waals surface area contributed by atoms with Gasteiger partial charge in [0.1, 0.15) is 18.1 Å². The number of phenolic OH excluding ortho intramolecular Hbond substituents is 1. The number of pyridine rings is 1. The molecule has 5 nitrogen and oxygen atoms in total. The second kappa shape index (κ2) is 5.60. The monoisotopic (exact) mass is 286 g/mol. The molecule has 1 heterocycles. The number of carboxylic acids is 1. The van der Waals surface area contributed by atoms with Crippen molar-refractivity contribution in [3.8, 4) is 5.75 Å². The lowest BCUT2D eigenvalue weighted by molar-refractivity contribution is -0.135. The summed E-state index contributed by atoms with van der Waals surface area (Å²) in [4.78, 5) is 17.5. The fourth-order valence-electron chi connectivity index (χ4n) is 3.11. The van der Waals surface area contributed by atoms with Gasteiger partial charge in [0.2, 0.25) is 0 Å². The van der Waals surface area contributed by atoms with Gasteiger partial charge in [0.15, 0.2) is 0 Å². The van der Waals surface area contributed by atoms with Crippen molar-refractivity contribution in [1.82, 2.24) is 4.98 Å². The highest BCUT2D eigenvalue weighted by Gasteiger charge is 2.26. The van der Waals surface area contributed by atoms with E-state index in [0.29, 0.717) is 5.82 Å². The molecule has 0 aliphatic heterocycles. The molecule has 3 rings (SSSR count). The van der Waals surface area contributed by atoms with E-state index in [1.807, 2.05) is 17.0 Å². The van der Waals surface area contributed by atoms with E-state index in [4.69, 9.17) is 0 Å². The Bertz CT molecular complexity index is 666. The average Bonchev–Trinajstić information content (AvgIpc) is 2.98. The molecule has 1 aliphatic rings. The standard InChI is InChI=1S/C16H18N2O3/c19-13-6-5-11-7-8-17-16(14(11)9-13)18(10-15(20)21)12-3-1-2-4-12/h5-9,12,19H,1-4,10H2,(H,20,21). The van der Waals surface area contributed by atoms with Crippen LogP contribution in [0.25, 0.3) is 10.8 Å². The molecule has 0 amide bonds. The Kier molecular flexibility index (Phi) is 3.64. The Morgan fingerprint density at radius 1 is 1.29 bits per heavy atom. The molecule has 21 heavy (non-hydrogen) atoms. The van der Waals surface area contributed by atoms with Crippen LogP contribution < -0.4 is 4.90 Å². The number of aromatic nitrogens is 1. The van der Waals surface area contributed by atoms with Crippen LogP contribution in [0.4, 0.5) is 5.82 Å². The summed E-state index contributed by atoms with van der Waals surface area (Å²) in [7, 11) is 0. The molecule has 0 unspecified atom stereocenters. The van der Waals surface area contributed by atoms with Crippen LogP contribution in [-0.4, -0.2) is 33.8 Å². The maximum Gasteiger partial charge on any atom is 0.323 e. The van der Waals surface area contributed by atoms with Gasteiger partial charge in [-0.3, -0.25) is 4.79 Å². The van der Waals surface area contributed by atoms with Gasteiger partial charge < -0.3 is 15.1 Å². The smallest absolute Gasteiger partial charge is 0.323 e. The zero-order valence-electron chi connectivity index (χ0n) is 11.7. The van der Waals surface area contributed by atoms with E-state index < -0.39 is 5.97 Å². The van der Waals surface area contributed by atoms with Crippen molar-refractivity contribution in [2.75, 3.05) is 11.4 Å². The number of rotatable bonds is 4. The first-order chi connectivity index (χ1) is 10.1. The van der Waals surface area contributed by atoms with Crippen molar-refractivity contribution in [3.05, 3.63) is 30.5 Å². The summed E-state index contributed by atoms with van der Waals surface area (Å²) in [5.74, 6) is -0.0444. The van der Waals surface area contributed by atoms with Gasteiger partial charge in [-0.1, -0.05) is 18.9 Å². The Morgan fingerprint density at radius 3 is 2.76 bits per heavy atom. The topological polar surface area (TPSA) is 73.7 Å². The van der Waals surface area contributed by atoms with Gasteiger partial charge in [0, 0.05) is 17.6 Å². The van der Waals surface area contributed by atoms with E-state index in [9.17, 15) is 15.0 Å². The molecule has 0 bridgehead atoms. The molecule has 110 valence electrons. The second-order valence-corrected chi connectivity index (χ2v) is 5.50. The SMILES string of the molecule is O=C(O)CN(c1nccc2ccc(O)cc12)C1CCCC1. The van der Waals surface area contributed by atoms with E-state index >= 15 is 0 Å². The Hall–Kier alpha value is -2.30. The number of anilines is 1. The summed E-state index contributed by atoms with van der Waals surface area (Å²) in [6.07, 6.45) is 5.92. The van der Waals surface area contributed by atoms with Crippen LogP contribution in [0.1, 0.15) is 25.7 Å². The maximum atomic E-state index is 11.2. The van der Waals surface area contributed by atoms with Crippen LogP contribution in [-0.2, 0) is 4.79 Å². The summed E-state index contributed by atoms with van der Waals surface area (Å²) >= 11 is 0. The van der Waals surface area contributed by atoms with Gasteiger partial charge in [-0.05, 0) is 36.4 Å². The normalized spacial score (nSPS) is 15.4. The van der Waals surface area contributed by atoms with E-state index in [-0.39, 0.29) is 18.3 Å². The van der Waals surface area contributed by atoms with E-state index in [2.05, 4.69) is 4.98 Å². The third-order valence-electron chi connectivity index (χ3n) is 4.07. The molecule has 1 aromatic carbocycles. The number of nitrogens with zero attached hydrogens (tertiary/aromatic N) is 2. The summed E-state index contributed by atoms with van der Waals surface area (Å²) in [5.41, 5.74) is 0. The lowest BCUT2D eigenvalue weighted by atomic mass is 10.1. The van der Waals surface area contributed by atoms with E-state index in [1.54, 1.807) is 18.3 Å². The molecule has 2 aromatic rings. The lowest BCUT2D eigenvalue weighted by Gasteiger charge is -2.29. The van der Waals surface area contributed by atoms with Crippen molar-refractivity contribution < 1.29 is 15.0 Å². The third-order valence-corrected chi connectivity index (χ3v) is 4.07. The highest BCUT2D eigenvalue weighted by molar-refractivity contribution is 5.94. The molecule has 0 spiro atoms. The highest BCUT2D eigenvalue weighted by atomic mass is 16.4. The van der Waals surface area contributed by atoms with Gasteiger partial charge in [-0.15, -0.1) is 0 Å². The van der Waals surface area contributed by atoms with Gasteiger partial charge in [-0.25, -0.2) is 4.98 Å². The van der Waals surface area contributed by atoms with Crippen molar-refractivity contribution in [1.29, 1.82) is 0 Å². The number of hydrogen-bond donors (Lipinski definition) is 2. The minimum atomic E-state index is -0.860. The van der Waals surface area contributed by atoms with Crippen LogP contribution in [0.2, 0.25) is 0 Å². The average molecular weight is 286 g/mol. The van der Waals surface area contributed by atoms with Crippen LogP contribution in [0, 0.1) is 0 Å². The van der Waals surface area contributed by atoms with Crippen molar-refractivity contribution >= 4 is 22.6 Å². The fourth-order valence-corrected chi connectivity index (χ4v) is 3.11. The zero-order valence-corrected chi connectivity index (χ0v) is 11.7. The van der Waals surface area contributed by atoms with Crippen LogP contribution in [0.15, 0.2) is 30.5 Å². The molecule has 1 aromatic heterocycles. The number of benzene rings is 1. The maximum absolute atomic E-state index is 11.2.